The van der Waals surface area contributed by atoms with E-state index in [0.29, 0.717) is 6.54 Å². The Kier molecular flexibility index (Phi) is 2.95. The lowest BCUT2D eigenvalue weighted by Crippen LogP contribution is -2.36. The van der Waals surface area contributed by atoms with Gasteiger partial charge in [-0.3, -0.25) is 9.59 Å². The quantitative estimate of drug-likeness (QED) is 0.634. The molecule has 0 spiro atoms. The average Bonchev–Trinajstić information content (AvgIpc) is 2.63. The van der Waals surface area contributed by atoms with E-state index in [-0.39, 0.29) is 29.6 Å². The highest BCUT2D eigenvalue weighted by atomic mass is 19.1. The zero-order valence-electron chi connectivity index (χ0n) is 9.00. The van der Waals surface area contributed by atoms with Crippen LogP contribution >= 0.6 is 0 Å². The van der Waals surface area contributed by atoms with Crippen LogP contribution in [-0.4, -0.2) is 24.4 Å². The standard InChI is InChI=1S/C11H12FN3O2/c12-6-1-2-8(9(13)3-6)11(17)15-7-4-10(16)14-5-7/h1-3,7H,4-5,13H2,(H,14,16)(H,15,17). The van der Waals surface area contributed by atoms with Crippen molar-refractivity contribution in [2.75, 3.05) is 12.3 Å². The summed E-state index contributed by atoms with van der Waals surface area (Å²) < 4.78 is 12.8. The zero-order valence-corrected chi connectivity index (χ0v) is 9.00. The Morgan fingerprint density at radius 2 is 2.29 bits per heavy atom. The van der Waals surface area contributed by atoms with Crippen LogP contribution < -0.4 is 16.4 Å². The molecule has 17 heavy (non-hydrogen) atoms. The maximum atomic E-state index is 12.8. The molecule has 1 aliphatic heterocycles. The molecule has 0 radical (unpaired) electrons. The minimum absolute atomic E-state index is 0.0831. The van der Waals surface area contributed by atoms with Crippen LogP contribution in [0.2, 0.25) is 0 Å². The van der Waals surface area contributed by atoms with Crippen LogP contribution in [0.3, 0.4) is 0 Å². The molecule has 1 aromatic rings. The summed E-state index contributed by atoms with van der Waals surface area (Å²) in [6.45, 7) is 0.408. The number of nitrogen functional groups attached to an aromatic ring is 1. The molecule has 1 saturated heterocycles. The second-order valence-electron chi connectivity index (χ2n) is 3.91. The first-order valence-corrected chi connectivity index (χ1v) is 5.19. The third kappa shape index (κ3) is 2.52. The molecule has 1 atom stereocenters. The van der Waals surface area contributed by atoms with Crippen molar-refractivity contribution in [2.24, 2.45) is 0 Å². The van der Waals surface area contributed by atoms with Crippen molar-refractivity contribution >= 4 is 17.5 Å². The van der Waals surface area contributed by atoms with Gasteiger partial charge in [0, 0.05) is 18.7 Å². The molecule has 1 aliphatic rings. The van der Waals surface area contributed by atoms with E-state index in [1.165, 1.54) is 12.1 Å². The molecule has 0 bridgehead atoms. The molecule has 1 fully saturated rings. The van der Waals surface area contributed by atoms with E-state index in [0.717, 1.165) is 6.07 Å². The molecule has 0 aliphatic carbocycles. The number of rotatable bonds is 2. The predicted octanol–water partition coefficient (Wildman–Crippen LogP) is 0.0262. The molecule has 6 heteroatoms. The number of carbonyl (C=O) groups is 2. The second-order valence-corrected chi connectivity index (χ2v) is 3.91. The van der Waals surface area contributed by atoms with Gasteiger partial charge in [0.2, 0.25) is 5.91 Å². The summed E-state index contributed by atoms with van der Waals surface area (Å²) in [5.74, 6) is -0.983. The molecule has 90 valence electrons. The van der Waals surface area contributed by atoms with Crippen LogP contribution in [-0.2, 0) is 4.79 Å². The van der Waals surface area contributed by atoms with Gasteiger partial charge in [0.25, 0.3) is 5.91 Å². The van der Waals surface area contributed by atoms with Crippen molar-refractivity contribution in [2.45, 2.75) is 12.5 Å². The number of nitrogens with two attached hydrogens (primary N) is 1. The van der Waals surface area contributed by atoms with Gasteiger partial charge in [0.15, 0.2) is 0 Å². The smallest absolute Gasteiger partial charge is 0.253 e. The minimum atomic E-state index is -0.489. The van der Waals surface area contributed by atoms with Crippen LogP contribution in [0, 0.1) is 5.82 Å². The summed E-state index contributed by atoms with van der Waals surface area (Å²) in [6, 6.07) is 3.35. The van der Waals surface area contributed by atoms with Gasteiger partial charge in [0.05, 0.1) is 11.6 Å². The number of anilines is 1. The molecule has 2 amide bonds. The third-order valence-corrected chi connectivity index (χ3v) is 2.57. The molecule has 1 unspecified atom stereocenters. The van der Waals surface area contributed by atoms with E-state index >= 15 is 0 Å². The Bertz CT molecular complexity index is 476. The van der Waals surface area contributed by atoms with Crippen LogP contribution in [0.4, 0.5) is 10.1 Å². The molecule has 5 nitrogen and oxygen atoms in total. The molecule has 4 N–H and O–H groups in total. The second kappa shape index (κ2) is 4.40. The van der Waals surface area contributed by atoms with Crippen molar-refractivity contribution in [3.63, 3.8) is 0 Å². The molecular formula is C11H12FN3O2. The molecular weight excluding hydrogens is 225 g/mol. The highest BCUT2D eigenvalue weighted by Crippen LogP contribution is 2.13. The Morgan fingerprint density at radius 3 is 2.88 bits per heavy atom. The van der Waals surface area contributed by atoms with Gasteiger partial charge in [-0.25, -0.2) is 4.39 Å². The van der Waals surface area contributed by atoms with E-state index < -0.39 is 11.7 Å². The number of benzene rings is 1. The van der Waals surface area contributed by atoms with Gasteiger partial charge in [-0.1, -0.05) is 0 Å². The van der Waals surface area contributed by atoms with Crippen molar-refractivity contribution in [3.05, 3.63) is 29.6 Å². The highest BCUT2D eigenvalue weighted by molar-refractivity contribution is 5.99. The summed E-state index contributed by atoms with van der Waals surface area (Å²) in [7, 11) is 0. The predicted molar refractivity (Wildman–Crippen MR) is 59.7 cm³/mol. The van der Waals surface area contributed by atoms with Crippen LogP contribution in [0.25, 0.3) is 0 Å². The van der Waals surface area contributed by atoms with Crippen LogP contribution in [0.5, 0.6) is 0 Å². The summed E-state index contributed by atoms with van der Waals surface area (Å²) in [5.41, 5.74) is 5.84. The van der Waals surface area contributed by atoms with Crippen molar-refractivity contribution in [3.8, 4) is 0 Å². The lowest BCUT2D eigenvalue weighted by molar-refractivity contribution is -0.119. The van der Waals surface area contributed by atoms with Gasteiger partial charge in [-0.05, 0) is 18.2 Å². The van der Waals surface area contributed by atoms with E-state index in [1.807, 2.05) is 0 Å². The average molecular weight is 237 g/mol. The van der Waals surface area contributed by atoms with E-state index in [9.17, 15) is 14.0 Å². The first kappa shape index (κ1) is 11.4. The number of halogens is 1. The Balaban J connectivity index is 2.07. The molecule has 1 heterocycles. The monoisotopic (exact) mass is 237 g/mol. The normalized spacial score (nSPS) is 18.9. The fraction of sp³-hybridized carbons (Fsp3) is 0.273. The summed E-state index contributed by atoms with van der Waals surface area (Å²) in [4.78, 5) is 22.7. The number of carbonyl (C=O) groups excluding carboxylic acids is 2. The van der Waals surface area contributed by atoms with Gasteiger partial charge in [-0.2, -0.15) is 0 Å². The first-order chi connectivity index (χ1) is 8.06. The van der Waals surface area contributed by atoms with Crippen molar-refractivity contribution in [1.82, 2.24) is 10.6 Å². The third-order valence-electron chi connectivity index (χ3n) is 2.57. The topological polar surface area (TPSA) is 84.2 Å². The largest absolute Gasteiger partial charge is 0.398 e. The minimum Gasteiger partial charge on any atom is -0.398 e. The Labute approximate surface area is 97.2 Å². The number of nitrogens with one attached hydrogen (secondary N) is 2. The Morgan fingerprint density at radius 1 is 1.53 bits per heavy atom. The number of hydrogen-bond donors (Lipinski definition) is 3. The van der Waals surface area contributed by atoms with E-state index in [2.05, 4.69) is 10.6 Å². The molecule has 1 aromatic carbocycles. The lowest BCUT2D eigenvalue weighted by atomic mass is 10.1. The number of hydrogen-bond acceptors (Lipinski definition) is 3. The van der Waals surface area contributed by atoms with Crippen molar-refractivity contribution < 1.29 is 14.0 Å². The lowest BCUT2D eigenvalue weighted by Gasteiger charge is -2.11. The maximum absolute atomic E-state index is 12.8. The molecule has 0 saturated carbocycles. The fourth-order valence-electron chi connectivity index (χ4n) is 1.71. The van der Waals surface area contributed by atoms with Crippen molar-refractivity contribution in [1.29, 1.82) is 0 Å². The van der Waals surface area contributed by atoms with Gasteiger partial charge < -0.3 is 16.4 Å². The molecule has 0 aromatic heterocycles. The highest BCUT2D eigenvalue weighted by Gasteiger charge is 2.23. The van der Waals surface area contributed by atoms with Gasteiger partial charge in [-0.15, -0.1) is 0 Å². The van der Waals surface area contributed by atoms with Crippen LogP contribution in [0.1, 0.15) is 16.8 Å². The van der Waals surface area contributed by atoms with Gasteiger partial charge >= 0.3 is 0 Å². The maximum Gasteiger partial charge on any atom is 0.253 e. The number of amides is 2. The Hall–Kier alpha value is -2.11. The van der Waals surface area contributed by atoms with Crippen LogP contribution in [0.15, 0.2) is 18.2 Å². The summed E-state index contributed by atoms with van der Waals surface area (Å²) in [6.07, 6.45) is 0.257. The zero-order chi connectivity index (χ0) is 12.4. The van der Waals surface area contributed by atoms with E-state index in [4.69, 9.17) is 5.73 Å². The molecule has 2 rings (SSSR count). The SMILES string of the molecule is Nc1cc(F)ccc1C(=O)NC1CNC(=O)C1. The summed E-state index contributed by atoms with van der Waals surface area (Å²) >= 11 is 0. The summed E-state index contributed by atoms with van der Waals surface area (Å²) in [5, 5.41) is 5.27. The van der Waals surface area contributed by atoms with Gasteiger partial charge in [0.1, 0.15) is 5.82 Å². The first-order valence-electron chi connectivity index (χ1n) is 5.19. The fourth-order valence-corrected chi connectivity index (χ4v) is 1.71. The van der Waals surface area contributed by atoms with E-state index in [1.54, 1.807) is 0 Å².